The van der Waals surface area contributed by atoms with Gasteiger partial charge in [-0.25, -0.2) is 4.39 Å². The van der Waals surface area contributed by atoms with Gasteiger partial charge in [-0.05, 0) is 18.6 Å². The minimum atomic E-state index is -0.774. The second-order valence-electron chi connectivity index (χ2n) is 3.21. The Kier molecular flexibility index (Phi) is 4.35. The maximum absolute atomic E-state index is 13.2. The normalized spacial score (nSPS) is 9.47. The van der Waals surface area contributed by atoms with Crippen molar-refractivity contribution in [2.45, 2.75) is 13.3 Å². The third kappa shape index (κ3) is 2.88. The lowest BCUT2D eigenvalue weighted by molar-refractivity contribution is -0.142. The average molecular weight is 235 g/mol. The highest BCUT2D eigenvalue weighted by Gasteiger charge is 2.15. The van der Waals surface area contributed by atoms with Crippen molar-refractivity contribution in [2.75, 3.05) is 6.61 Å². The number of nitrogens with zero attached hydrogens (tertiary/aromatic N) is 1. The molecule has 1 aromatic carbocycles. The van der Waals surface area contributed by atoms with E-state index in [2.05, 4.69) is 0 Å². The molecule has 88 valence electrons. The van der Waals surface area contributed by atoms with E-state index < -0.39 is 11.8 Å². The second-order valence-corrected chi connectivity index (χ2v) is 3.21. The van der Waals surface area contributed by atoms with Crippen LogP contribution in [0.5, 0.6) is 0 Å². The highest BCUT2D eigenvalue weighted by molar-refractivity contribution is 5.82. The zero-order chi connectivity index (χ0) is 12.8. The van der Waals surface area contributed by atoms with Crippen molar-refractivity contribution < 1.29 is 18.7 Å². The van der Waals surface area contributed by atoms with E-state index >= 15 is 0 Å². The molecular weight excluding hydrogens is 225 g/mol. The second kappa shape index (κ2) is 5.75. The van der Waals surface area contributed by atoms with E-state index in [0.29, 0.717) is 0 Å². The van der Waals surface area contributed by atoms with Crippen molar-refractivity contribution >= 4 is 12.3 Å². The van der Waals surface area contributed by atoms with E-state index in [1.165, 1.54) is 6.07 Å². The quantitative estimate of drug-likeness (QED) is 0.587. The van der Waals surface area contributed by atoms with E-state index in [1.807, 2.05) is 0 Å². The topological polar surface area (TPSA) is 67.2 Å². The fourth-order valence-corrected chi connectivity index (χ4v) is 1.40. The monoisotopic (exact) mass is 235 g/mol. The zero-order valence-corrected chi connectivity index (χ0v) is 9.20. The van der Waals surface area contributed by atoms with Gasteiger partial charge in [-0.1, -0.05) is 6.07 Å². The number of ether oxygens (including phenoxy) is 1. The Hall–Kier alpha value is -2.22. The maximum atomic E-state index is 13.2. The summed E-state index contributed by atoms with van der Waals surface area (Å²) >= 11 is 0. The molecule has 0 saturated heterocycles. The summed E-state index contributed by atoms with van der Waals surface area (Å²) in [6.07, 6.45) is 0.112. The molecule has 0 heterocycles. The maximum Gasteiger partial charge on any atom is 0.310 e. The van der Waals surface area contributed by atoms with E-state index in [1.54, 1.807) is 13.0 Å². The number of rotatable bonds is 4. The van der Waals surface area contributed by atoms with Crippen LogP contribution in [0.1, 0.15) is 28.4 Å². The minimum absolute atomic E-state index is 0.118. The van der Waals surface area contributed by atoms with E-state index in [4.69, 9.17) is 10.00 Å². The molecule has 0 atom stereocenters. The van der Waals surface area contributed by atoms with Crippen LogP contribution in [0.3, 0.4) is 0 Å². The summed E-state index contributed by atoms with van der Waals surface area (Å²) in [4.78, 5) is 21.9. The Labute approximate surface area is 97.6 Å². The molecular formula is C12H10FNO3. The van der Waals surface area contributed by atoms with Crippen molar-refractivity contribution in [1.82, 2.24) is 0 Å². The molecule has 0 saturated carbocycles. The van der Waals surface area contributed by atoms with Crippen LogP contribution in [-0.4, -0.2) is 18.9 Å². The predicted octanol–water partition coefficient (Wildman–Crippen LogP) is 1.62. The molecule has 5 heteroatoms. The fourth-order valence-electron chi connectivity index (χ4n) is 1.40. The van der Waals surface area contributed by atoms with Crippen molar-refractivity contribution in [1.29, 1.82) is 5.26 Å². The molecule has 0 aliphatic rings. The van der Waals surface area contributed by atoms with Crippen LogP contribution in [0.25, 0.3) is 0 Å². The summed E-state index contributed by atoms with van der Waals surface area (Å²) < 4.78 is 17.9. The highest BCUT2D eigenvalue weighted by atomic mass is 19.1. The SMILES string of the molecule is CCOC(=O)Cc1ccc(F)c(C=O)c1C#N. The molecule has 0 spiro atoms. The smallest absolute Gasteiger partial charge is 0.310 e. The van der Waals surface area contributed by atoms with Gasteiger partial charge < -0.3 is 4.74 Å². The number of esters is 1. The summed E-state index contributed by atoms with van der Waals surface area (Å²) in [5.41, 5.74) is -0.156. The van der Waals surface area contributed by atoms with Gasteiger partial charge in [0.1, 0.15) is 11.9 Å². The van der Waals surface area contributed by atoms with Crippen LogP contribution in [0.2, 0.25) is 0 Å². The van der Waals surface area contributed by atoms with Gasteiger partial charge in [-0.2, -0.15) is 5.26 Å². The highest BCUT2D eigenvalue weighted by Crippen LogP contribution is 2.17. The van der Waals surface area contributed by atoms with Crippen LogP contribution < -0.4 is 0 Å². The molecule has 0 aromatic heterocycles. The number of carbonyl (C=O) groups excluding carboxylic acids is 2. The van der Waals surface area contributed by atoms with Crippen LogP contribution in [0.4, 0.5) is 4.39 Å². The summed E-state index contributed by atoms with van der Waals surface area (Å²) in [6.45, 7) is 1.88. The lowest BCUT2D eigenvalue weighted by atomic mass is 10.00. The third-order valence-corrected chi connectivity index (χ3v) is 2.15. The van der Waals surface area contributed by atoms with Gasteiger partial charge in [0.05, 0.1) is 24.2 Å². The molecule has 0 aliphatic heterocycles. The van der Waals surface area contributed by atoms with Gasteiger partial charge in [-0.15, -0.1) is 0 Å². The van der Waals surface area contributed by atoms with E-state index in [-0.39, 0.29) is 36.0 Å². The Morgan fingerprint density at radius 3 is 2.82 bits per heavy atom. The first-order valence-corrected chi connectivity index (χ1v) is 4.96. The zero-order valence-electron chi connectivity index (χ0n) is 9.20. The summed E-state index contributed by atoms with van der Waals surface area (Å²) in [5.74, 6) is -1.29. The molecule has 17 heavy (non-hydrogen) atoms. The predicted molar refractivity (Wildman–Crippen MR) is 56.8 cm³/mol. The molecule has 0 aliphatic carbocycles. The van der Waals surface area contributed by atoms with Crippen molar-refractivity contribution in [3.63, 3.8) is 0 Å². The van der Waals surface area contributed by atoms with Gasteiger partial charge in [0, 0.05) is 0 Å². The van der Waals surface area contributed by atoms with Gasteiger partial charge in [0.15, 0.2) is 6.29 Å². The molecule has 0 N–H and O–H groups in total. The number of halogens is 1. The Bertz CT molecular complexity index is 491. The van der Waals surface area contributed by atoms with Crippen LogP contribution >= 0.6 is 0 Å². The van der Waals surface area contributed by atoms with E-state index in [0.717, 1.165) is 6.07 Å². The van der Waals surface area contributed by atoms with Gasteiger partial charge in [-0.3, -0.25) is 9.59 Å². The molecule has 0 radical (unpaired) electrons. The summed E-state index contributed by atoms with van der Waals surface area (Å²) in [6, 6.07) is 4.08. The lowest BCUT2D eigenvalue weighted by Gasteiger charge is -2.06. The number of carbonyl (C=O) groups is 2. The summed E-state index contributed by atoms with van der Waals surface area (Å²) in [5, 5.41) is 8.87. The number of aldehydes is 1. The van der Waals surface area contributed by atoms with Crippen LogP contribution in [0, 0.1) is 17.1 Å². The standard InChI is InChI=1S/C12H10FNO3/c1-2-17-12(16)5-8-3-4-11(13)10(7-15)9(8)6-14/h3-4,7H,2,5H2,1H3. The number of nitriles is 1. The molecule has 1 aromatic rings. The Balaban J connectivity index is 3.13. The minimum Gasteiger partial charge on any atom is -0.466 e. The van der Waals surface area contributed by atoms with Crippen molar-refractivity contribution in [2.24, 2.45) is 0 Å². The number of benzene rings is 1. The Morgan fingerprint density at radius 1 is 1.59 bits per heavy atom. The first kappa shape index (κ1) is 12.8. The lowest BCUT2D eigenvalue weighted by Crippen LogP contribution is -2.10. The molecule has 4 nitrogen and oxygen atoms in total. The van der Waals surface area contributed by atoms with Crippen LogP contribution in [-0.2, 0) is 16.0 Å². The Morgan fingerprint density at radius 2 is 2.29 bits per heavy atom. The largest absolute Gasteiger partial charge is 0.466 e. The molecule has 0 bridgehead atoms. The number of hydrogen-bond donors (Lipinski definition) is 0. The third-order valence-electron chi connectivity index (χ3n) is 2.15. The van der Waals surface area contributed by atoms with Crippen molar-refractivity contribution in [3.8, 4) is 6.07 Å². The van der Waals surface area contributed by atoms with E-state index in [9.17, 15) is 14.0 Å². The average Bonchev–Trinajstić information content (AvgIpc) is 2.31. The molecule has 1 rings (SSSR count). The van der Waals surface area contributed by atoms with Gasteiger partial charge in [0.25, 0.3) is 0 Å². The number of hydrogen-bond acceptors (Lipinski definition) is 4. The van der Waals surface area contributed by atoms with Gasteiger partial charge in [0.2, 0.25) is 0 Å². The first-order chi connectivity index (χ1) is 8.13. The summed E-state index contributed by atoms with van der Waals surface area (Å²) in [7, 11) is 0. The van der Waals surface area contributed by atoms with Crippen molar-refractivity contribution in [3.05, 3.63) is 34.6 Å². The molecule has 0 amide bonds. The molecule has 0 unspecified atom stereocenters. The fraction of sp³-hybridized carbons (Fsp3) is 0.250. The first-order valence-electron chi connectivity index (χ1n) is 4.96. The van der Waals surface area contributed by atoms with Gasteiger partial charge >= 0.3 is 5.97 Å². The molecule has 0 fully saturated rings. The van der Waals surface area contributed by atoms with Crippen LogP contribution in [0.15, 0.2) is 12.1 Å².